The van der Waals surface area contributed by atoms with Crippen LogP contribution in [-0.4, -0.2) is 25.3 Å². The predicted octanol–water partition coefficient (Wildman–Crippen LogP) is 1.74. The van der Waals surface area contributed by atoms with Gasteiger partial charge in [0.25, 0.3) is 0 Å². The fourth-order valence-corrected chi connectivity index (χ4v) is 4.08. The van der Waals surface area contributed by atoms with Crippen LogP contribution >= 0.6 is 0 Å². The first-order valence-electron chi connectivity index (χ1n) is 6.67. The van der Waals surface area contributed by atoms with Crippen molar-refractivity contribution in [2.24, 2.45) is 0 Å². The molecule has 6 heteroatoms. The van der Waals surface area contributed by atoms with Crippen LogP contribution in [0.15, 0.2) is 22.8 Å². The van der Waals surface area contributed by atoms with Crippen molar-refractivity contribution < 1.29 is 17.9 Å². The summed E-state index contributed by atoms with van der Waals surface area (Å²) in [4.78, 5) is 0. The number of hydrogen-bond donors (Lipinski definition) is 2. The van der Waals surface area contributed by atoms with Crippen LogP contribution in [-0.2, 0) is 15.6 Å². The van der Waals surface area contributed by atoms with Gasteiger partial charge in [-0.25, -0.2) is 13.1 Å². The molecule has 1 aromatic rings. The summed E-state index contributed by atoms with van der Waals surface area (Å²) in [6.07, 6.45) is 5.90. The third-order valence-corrected chi connectivity index (χ3v) is 5.56. The molecule has 0 aromatic carbocycles. The van der Waals surface area contributed by atoms with E-state index >= 15 is 0 Å². The maximum Gasteiger partial charge on any atom is 0.214 e. The van der Waals surface area contributed by atoms with Gasteiger partial charge >= 0.3 is 0 Å². The molecule has 0 spiro atoms. The molecular formula is C13H21NO4S. The molecule has 108 valence electrons. The lowest BCUT2D eigenvalue weighted by Crippen LogP contribution is -2.43. The third-order valence-electron chi connectivity index (χ3n) is 3.66. The zero-order valence-corrected chi connectivity index (χ0v) is 11.9. The summed E-state index contributed by atoms with van der Waals surface area (Å²) in [7, 11) is -3.36. The van der Waals surface area contributed by atoms with Crippen molar-refractivity contribution in [1.82, 2.24) is 4.72 Å². The second kappa shape index (κ2) is 5.64. The van der Waals surface area contributed by atoms with E-state index in [0.29, 0.717) is 18.6 Å². The zero-order chi connectivity index (χ0) is 13.9. The van der Waals surface area contributed by atoms with Gasteiger partial charge in [0, 0.05) is 6.54 Å². The molecule has 0 radical (unpaired) electrons. The van der Waals surface area contributed by atoms with E-state index in [0.717, 1.165) is 19.3 Å². The maximum atomic E-state index is 12.1. The average molecular weight is 287 g/mol. The minimum Gasteiger partial charge on any atom is -0.466 e. The van der Waals surface area contributed by atoms with E-state index in [1.54, 1.807) is 12.1 Å². The number of nitrogens with one attached hydrogen (secondary N) is 1. The molecule has 2 rings (SSSR count). The molecule has 1 aliphatic carbocycles. The molecule has 1 heterocycles. The van der Waals surface area contributed by atoms with Gasteiger partial charge in [0.2, 0.25) is 10.0 Å². The lowest BCUT2D eigenvalue weighted by molar-refractivity contribution is 0.0395. The van der Waals surface area contributed by atoms with Crippen LogP contribution in [0.4, 0.5) is 0 Å². The molecule has 0 saturated heterocycles. The molecule has 1 saturated carbocycles. The van der Waals surface area contributed by atoms with Gasteiger partial charge in [-0.1, -0.05) is 19.3 Å². The van der Waals surface area contributed by atoms with Crippen molar-refractivity contribution >= 4 is 10.0 Å². The number of rotatable bonds is 5. The van der Waals surface area contributed by atoms with Crippen LogP contribution < -0.4 is 4.72 Å². The van der Waals surface area contributed by atoms with E-state index in [1.165, 1.54) is 13.2 Å². The van der Waals surface area contributed by atoms with E-state index in [1.807, 2.05) is 0 Å². The van der Waals surface area contributed by atoms with Gasteiger partial charge in [-0.15, -0.1) is 0 Å². The van der Waals surface area contributed by atoms with Crippen molar-refractivity contribution in [3.8, 4) is 0 Å². The Morgan fingerprint density at radius 1 is 1.42 bits per heavy atom. The molecule has 0 bridgehead atoms. The SMILES string of the molecule is CC(O)(CNS(=O)(=O)C1CCCCC1)c1ccco1. The van der Waals surface area contributed by atoms with Crippen molar-refractivity contribution in [3.05, 3.63) is 24.2 Å². The maximum absolute atomic E-state index is 12.1. The first-order valence-corrected chi connectivity index (χ1v) is 8.21. The summed E-state index contributed by atoms with van der Waals surface area (Å²) in [6.45, 7) is 1.47. The Labute approximate surface area is 114 Å². The highest BCUT2D eigenvalue weighted by Gasteiger charge is 2.32. The monoisotopic (exact) mass is 287 g/mol. The molecule has 19 heavy (non-hydrogen) atoms. The number of aliphatic hydroxyl groups is 1. The number of hydrogen-bond acceptors (Lipinski definition) is 4. The minimum absolute atomic E-state index is 0.0701. The van der Waals surface area contributed by atoms with Crippen molar-refractivity contribution in [3.63, 3.8) is 0 Å². The van der Waals surface area contributed by atoms with Gasteiger partial charge in [0.15, 0.2) is 0 Å². The number of sulfonamides is 1. The zero-order valence-electron chi connectivity index (χ0n) is 11.1. The molecule has 1 unspecified atom stereocenters. The summed E-state index contributed by atoms with van der Waals surface area (Å²) in [6, 6.07) is 3.30. The summed E-state index contributed by atoms with van der Waals surface area (Å²) in [5.41, 5.74) is -1.33. The Morgan fingerprint density at radius 3 is 2.68 bits per heavy atom. The summed E-state index contributed by atoms with van der Waals surface area (Å²) < 4.78 is 31.9. The molecular weight excluding hydrogens is 266 g/mol. The van der Waals surface area contributed by atoms with Crippen LogP contribution in [0.1, 0.15) is 44.8 Å². The Balaban J connectivity index is 1.97. The Bertz CT molecular complexity index is 487. The Kier molecular flexibility index (Phi) is 4.32. The van der Waals surface area contributed by atoms with E-state index in [-0.39, 0.29) is 11.8 Å². The molecule has 2 N–H and O–H groups in total. The standard InChI is InChI=1S/C13H21NO4S/c1-13(15,12-8-5-9-18-12)10-14-19(16,17)11-6-3-2-4-7-11/h5,8-9,11,14-15H,2-4,6-7,10H2,1H3. The van der Waals surface area contributed by atoms with E-state index in [2.05, 4.69) is 4.72 Å². The average Bonchev–Trinajstić information content (AvgIpc) is 2.93. The van der Waals surface area contributed by atoms with Crippen LogP contribution in [0, 0.1) is 0 Å². The van der Waals surface area contributed by atoms with Gasteiger partial charge in [-0.2, -0.15) is 0 Å². The van der Waals surface area contributed by atoms with Crippen LogP contribution in [0.3, 0.4) is 0 Å². The molecule has 1 fully saturated rings. The largest absolute Gasteiger partial charge is 0.466 e. The van der Waals surface area contributed by atoms with Gasteiger partial charge in [0.05, 0.1) is 11.5 Å². The lowest BCUT2D eigenvalue weighted by Gasteiger charge is -2.25. The van der Waals surface area contributed by atoms with Gasteiger partial charge < -0.3 is 9.52 Å². The molecule has 1 aliphatic rings. The van der Waals surface area contributed by atoms with Crippen LogP contribution in [0.5, 0.6) is 0 Å². The second-order valence-corrected chi connectivity index (χ2v) is 7.42. The predicted molar refractivity (Wildman–Crippen MR) is 72.1 cm³/mol. The topological polar surface area (TPSA) is 79.5 Å². The Morgan fingerprint density at radius 2 is 2.11 bits per heavy atom. The van der Waals surface area contributed by atoms with E-state index in [4.69, 9.17) is 4.42 Å². The molecule has 0 aliphatic heterocycles. The fraction of sp³-hybridized carbons (Fsp3) is 0.692. The summed E-state index contributed by atoms with van der Waals surface area (Å²) >= 11 is 0. The normalized spacial score (nSPS) is 21.2. The number of furan rings is 1. The van der Waals surface area contributed by atoms with Crippen molar-refractivity contribution in [2.75, 3.05) is 6.54 Å². The smallest absolute Gasteiger partial charge is 0.214 e. The van der Waals surface area contributed by atoms with Crippen molar-refractivity contribution in [1.29, 1.82) is 0 Å². The lowest BCUT2D eigenvalue weighted by atomic mass is 10.0. The quantitative estimate of drug-likeness (QED) is 0.864. The van der Waals surface area contributed by atoms with Gasteiger partial charge in [-0.05, 0) is 31.9 Å². The van der Waals surface area contributed by atoms with Crippen LogP contribution in [0.2, 0.25) is 0 Å². The molecule has 0 amide bonds. The van der Waals surface area contributed by atoms with Crippen molar-refractivity contribution in [2.45, 2.75) is 49.9 Å². The fourth-order valence-electron chi connectivity index (χ4n) is 2.41. The first kappa shape index (κ1) is 14.6. The summed E-state index contributed by atoms with van der Waals surface area (Å²) in [5, 5.41) is 9.89. The first-order chi connectivity index (χ1) is 8.92. The highest BCUT2D eigenvalue weighted by Crippen LogP contribution is 2.24. The molecule has 1 aromatic heterocycles. The highest BCUT2D eigenvalue weighted by molar-refractivity contribution is 7.90. The molecule has 1 atom stereocenters. The third kappa shape index (κ3) is 3.58. The van der Waals surface area contributed by atoms with Gasteiger partial charge in [0.1, 0.15) is 11.4 Å². The Hall–Kier alpha value is -0.850. The van der Waals surface area contributed by atoms with Gasteiger partial charge in [-0.3, -0.25) is 0 Å². The van der Waals surface area contributed by atoms with E-state index < -0.39 is 15.6 Å². The van der Waals surface area contributed by atoms with E-state index in [9.17, 15) is 13.5 Å². The summed E-state index contributed by atoms with van der Waals surface area (Å²) in [5.74, 6) is 0.360. The van der Waals surface area contributed by atoms with Crippen LogP contribution in [0.25, 0.3) is 0 Å². The second-order valence-electron chi connectivity index (χ2n) is 5.38. The highest BCUT2D eigenvalue weighted by atomic mass is 32.2. The minimum atomic E-state index is -3.36. The molecule has 5 nitrogen and oxygen atoms in total.